The molecule has 0 saturated carbocycles. The SMILES string of the molecule is O=C(CCC1CCCN(Cc2cnc(-c3ccccc3)s2)C1)Nc1ccccc1F. The lowest BCUT2D eigenvalue weighted by Crippen LogP contribution is -2.35. The van der Waals surface area contributed by atoms with E-state index in [4.69, 9.17) is 0 Å². The molecular formula is C24H26FN3OS. The molecule has 156 valence electrons. The van der Waals surface area contributed by atoms with Crippen molar-refractivity contribution in [2.45, 2.75) is 32.2 Å². The summed E-state index contributed by atoms with van der Waals surface area (Å²) in [4.78, 5) is 20.5. The van der Waals surface area contributed by atoms with E-state index in [1.165, 1.54) is 10.9 Å². The molecule has 2 heterocycles. The fraction of sp³-hybridized carbons (Fsp3) is 0.333. The number of carbonyl (C=O) groups excluding carboxylic acids is 1. The Bertz CT molecular complexity index is 975. The van der Waals surface area contributed by atoms with Crippen LogP contribution in [0.2, 0.25) is 0 Å². The maximum absolute atomic E-state index is 13.7. The molecule has 1 N–H and O–H groups in total. The first-order chi connectivity index (χ1) is 14.7. The van der Waals surface area contributed by atoms with Crippen LogP contribution in [-0.2, 0) is 11.3 Å². The number of rotatable bonds is 7. The molecule has 0 aliphatic carbocycles. The maximum Gasteiger partial charge on any atom is 0.224 e. The second-order valence-corrected chi connectivity index (χ2v) is 8.92. The van der Waals surface area contributed by atoms with Gasteiger partial charge < -0.3 is 5.32 Å². The van der Waals surface area contributed by atoms with E-state index in [0.29, 0.717) is 12.3 Å². The third-order valence-electron chi connectivity index (χ3n) is 5.48. The number of hydrogen-bond donors (Lipinski definition) is 1. The van der Waals surface area contributed by atoms with Gasteiger partial charge in [0.15, 0.2) is 0 Å². The third kappa shape index (κ3) is 5.52. The monoisotopic (exact) mass is 423 g/mol. The second-order valence-electron chi connectivity index (χ2n) is 7.81. The normalized spacial score (nSPS) is 17.0. The number of aromatic nitrogens is 1. The molecule has 1 atom stereocenters. The molecule has 1 unspecified atom stereocenters. The Hall–Kier alpha value is -2.57. The maximum atomic E-state index is 13.7. The van der Waals surface area contributed by atoms with Gasteiger partial charge in [-0.3, -0.25) is 9.69 Å². The Labute approximate surface area is 180 Å². The van der Waals surface area contributed by atoms with E-state index in [0.717, 1.165) is 49.5 Å². The van der Waals surface area contributed by atoms with Crippen LogP contribution in [0.4, 0.5) is 10.1 Å². The molecule has 2 aromatic carbocycles. The number of likely N-dealkylation sites (tertiary alicyclic amines) is 1. The molecule has 6 heteroatoms. The number of hydrogen-bond acceptors (Lipinski definition) is 4. The highest BCUT2D eigenvalue weighted by molar-refractivity contribution is 7.15. The average Bonchev–Trinajstić information content (AvgIpc) is 3.23. The molecule has 1 fully saturated rings. The van der Waals surface area contributed by atoms with Crippen LogP contribution in [0.5, 0.6) is 0 Å². The summed E-state index contributed by atoms with van der Waals surface area (Å²) in [5.41, 5.74) is 1.42. The molecule has 0 spiro atoms. The minimum atomic E-state index is -0.394. The van der Waals surface area contributed by atoms with Crippen LogP contribution in [0.3, 0.4) is 0 Å². The lowest BCUT2D eigenvalue weighted by atomic mass is 9.93. The Morgan fingerprint density at radius 2 is 1.97 bits per heavy atom. The summed E-state index contributed by atoms with van der Waals surface area (Å²) in [5.74, 6) is -0.0204. The van der Waals surface area contributed by atoms with Crippen molar-refractivity contribution in [1.82, 2.24) is 9.88 Å². The van der Waals surface area contributed by atoms with Crippen molar-refractivity contribution in [2.24, 2.45) is 5.92 Å². The molecule has 4 rings (SSSR count). The standard InChI is InChI=1S/C24H26FN3OS/c25-21-10-4-5-11-22(21)27-23(29)13-12-18-7-6-14-28(16-18)17-20-15-26-24(30-20)19-8-2-1-3-9-19/h1-5,8-11,15,18H,6-7,12-14,16-17H2,(H,27,29). The van der Waals surface area contributed by atoms with Crippen molar-refractivity contribution in [3.05, 3.63) is 71.5 Å². The summed E-state index contributed by atoms with van der Waals surface area (Å²) >= 11 is 1.75. The van der Waals surface area contributed by atoms with Gasteiger partial charge >= 0.3 is 0 Å². The molecule has 0 radical (unpaired) electrons. The summed E-state index contributed by atoms with van der Waals surface area (Å²) in [6, 6.07) is 16.6. The van der Waals surface area contributed by atoms with Crippen LogP contribution in [0, 0.1) is 11.7 Å². The fourth-order valence-electron chi connectivity index (χ4n) is 3.96. The molecule has 3 aromatic rings. The number of carbonyl (C=O) groups is 1. The van der Waals surface area contributed by atoms with Crippen molar-refractivity contribution in [3.63, 3.8) is 0 Å². The molecule has 30 heavy (non-hydrogen) atoms. The lowest BCUT2D eigenvalue weighted by Gasteiger charge is -2.32. The molecule has 4 nitrogen and oxygen atoms in total. The number of halogens is 1. The van der Waals surface area contributed by atoms with Gasteiger partial charge in [0.05, 0.1) is 5.69 Å². The minimum absolute atomic E-state index is 0.118. The smallest absolute Gasteiger partial charge is 0.224 e. The molecule has 1 amide bonds. The predicted octanol–water partition coefficient (Wildman–Crippen LogP) is 5.58. The Morgan fingerprint density at radius 3 is 2.80 bits per heavy atom. The first-order valence-corrected chi connectivity index (χ1v) is 11.3. The molecular weight excluding hydrogens is 397 g/mol. The fourth-order valence-corrected chi connectivity index (χ4v) is 4.92. The summed E-state index contributed by atoms with van der Waals surface area (Å²) in [7, 11) is 0. The zero-order valence-corrected chi connectivity index (χ0v) is 17.7. The topological polar surface area (TPSA) is 45.2 Å². The first kappa shape index (κ1) is 20.7. The molecule has 1 saturated heterocycles. The number of benzene rings is 2. The number of para-hydroxylation sites is 1. The van der Waals surface area contributed by atoms with E-state index in [-0.39, 0.29) is 11.6 Å². The van der Waals surface area contributed by atoms with Crippen LogP contribution in [0.15, 0.2) is 60.8 Å². The van der Waals surface area contributed by atoms with Gasteiger partial charge in [-0.05, 0) is 43.9 Å². The summed E-state index contributed by atoms with van der Waals surface area (Å²) in [6.45, 7) is 2.98. The van der Waals surface area contributed by atoms with Crippen LogP contribution in [-0.4, -0.2) is 28.9 Å². The number of amides is 1. The number of anilines is 1. The minimum Gasteiger partial charge on any atom is -0.324 e. The van der Waals surface area contributed by atoms with E-state index in [1.807, 2.05) is 24.4 Å². The van der Waals surface area contributed by atoms with Crippen molar-refractivity contribution in [1.29, 1.82) is 0 Å². The van der Waals surface area contributed by atoms with Gasteiger partial charge in [-0.25, -0.2) is 9.37 Å². The van der Waals surface area contributed by atoms with E-state index in [1.54, 1.807) is 29.5 Å². The Morgan fingerprint density at radius 1 is 1.17 bits per heavy atom. The average molecular weight is 424 g/mol. The van der Waals surface area contributed by atoms with Crippen molar-refractivity contribution in [2.75, 3.05) is 18.4 Å². The zero-order valence-electron chi connectivity index (χ0n) is 16.9. The predicted molar refractivity (Wildman–Crippen MR) is 120 cm³/mol. The van der Waals surface area contributed by atoms with E-state index in [2.05, 4.69) is 27.3 Å². The molecule has 1 aliphatic heterocycles. The Balaban J connectivity index is 1.26. The molecule has 1 aromatic heterocycles. The van der Waals surface area contributed by atoms with Crippen molar-refractivity contribution in [3.8, 4) is 10.6 Å². The molecule has 0 bridgehead atoms. The van der Waals surface area contributed by atoms with E-state index in [9.17, 15) is 9.18 Å². The highest BCUT2D eigenvalue weighted by Gasteiger charge is 2.21. The highest BCUT2D eigenvalue weighted by atomic mass is 32.1. The zero-order chi connectivity index (χ0) is 20.8. The third-order valence-corrected chi connectivity index (χ3v) is 6.52. The number of thiazole rings is 1. The number of nitrogens with zero attached hydrogens (tertiary/aromatic N) is 2. The summed E-state index contributed by atoms with van der Waals surface area (Å²) in [5, 5.41) is 3.74. The van der Waals surface area contributed by atoms with E-state index < -0.39 is 5.82 Å². The molecule has 1 aliphatic rings. The number of nitrogens with one attached hydrogen (secondary N) is 1. The summed E-state index contributed by atoms with van der Waals surface area (Å²) < 4.78 is 13.7. The Kier molecular flexibility index (Phi) is 6.87. The van der Waals surface area contributed by atoms with Gasteiger partial charge in [0, 0.05) is 36.1 Å². The first-order valence-electron chi connectivity index (χ1n) is 10.4. The van der Waals surface area contributed by atoms with Crippen molar-refractivity contribution < 1.29 is 9.18 Å². The largest absolute Gasteiger partial charge is 0.324 e. The van der Waals surface area contributed by atoms with Gasteiger partial charge in [-0.15, -0.1) is 11.3 Å². The summed E-state index contributed by atoms with van der Waals surface area (Å²) in [6.07, 6.45) is 5.52. The van der Waals surface area contributed by atoms with Gasteiger partial charge in [-0.2, -0.15) is 0 Å². The van der Waals surface area contributed by atoms with Crippen LogP contribution >= 0.6 is 11.3 Å². The lowest BCUT2D eigenvalue weighted by molar-refractivity contribution is -0.116. The van der Waals surface area contributed by atoms with Crippen molar-refractivity contribution >= 4 is 22.9 Å². The van der Waals surface area contributed by atoms with Gasteiger partial charge in [-0.1, -0.05) is 42.5 Å². The van der Waals surface area contributed by atoms with Crippen LogP contribution in [0.25, 0.3) is 10.6 Å². The van der Waals surface area contributed by atoms with Gasteiger partial charge in [0.25, 0.3) is 0 Å². The quantitative estimate of drug-likeness (QED) is 0.540. The van der Waals surface area contributed by atoms with Crippen LogP contribution < -0.4 is 5.32 Å². The number of piperidine rings is 1. The highest BCUT2D eigenvalue weighted by Crippen LogP contribution is 2.28. The van der Waals surface area contributed by atoms with Gasteiger partial charge in [0.1, 0.15) is 10.8 Å². The van der Waals surface area contributed by atoms with E-state index >= 15 is 0 Å². The van der Waals surface area contributed by atoms with Gasteiger partial charge in [0.2, 0.25) is 5.91 Å². The van der Waals surface area contributed by atoms with Crippen LogP contribution in [0.1, 0.15) is 30.6 Å². The second kappa shape index (κ2) is 9.96.